The molecule has 3 rings (SSSR count). The molecular weight excluding hydrogens is 236 g/mol. The molecule has 2 aliphatic rings. The van der Waals surface area contributed by atoms with Crippen molar-refractivity contribution in [3.8, 4) is 0 Å². The van der Waals surface area contributed by atoms with Crippen LogP contribution in [0.25, 0.3) is 0 Å². The van der Waals surface area contributed by atoms with Crippen LogP contribution in [-0.4, -0.2) is 55.2 Å². The van der Waals surface area contributed by atoms with Crippen molar-refractivity contribution < 1.29 is 4.74 Å². The molecule has 0 bridgehead atoms. The quantitative estimate of drug-likeness (QED) is 0.819. The average Bonchev–Trinajstić information content (AvgIpc) is 2.50. The van der Waals surface area contributed by atoms with Crippen molar-refractivity contribution in [3.05, 3.63) is 35.9 Å². The average molecular weight is 258 g/mol. The Morgan fingerprint density at radius 1 is 1.11 bits per heavy atom. The zero-order valence-electron chi connectivity index (χ0n) is 11.5. The second kappa shape index (κ2) is 6.38. The third-order valence-electron chi connectivity index (χ3n) is 4.25. The van der Waals surface area contributed by atoms with E-state index in [1.807, 2.05) is 12.1 Å². The largest absolute Gasteiger partial charge is 0.379 e. The lowest BCUT2D eigenvalue weighted by molar-refractivity contribution is 0.000231. The van der Waals surface area contributed by atoms with E-state index in [1.165, 1.54) is 31.5 Å². The molecule has 2 aliphatic heterocycles. The van der Waals surface area contributed by atoms with Gasteiger partial charge in [-0.1, -0.05) is 12.1 Å². The minimum atomic E-state index is 0.774. The summed E-state index contributed by atoms with van der Waals surface area (Å²) >= 11 is 0. The summed E-state index contributed by atoms with van der Waals surface area (Å²) < 4.78 is 5.43. The topological polar surface area (TPSA) is 15.7 Å². The van der Waals surface area contributed by atoms with Crippen molar-refractivity contribution >= 4 is 0 Å². The highest BCUT2D eigenvalue weighted by atomic mass is 16.5. The van der Waals surface area contributed by atoms with Crippen LogP contribution in [0, 0.1) is 12.1 Å². The fraction of sp³-hybridized carbons (Fsp3) is 0.625. The minimum absolute atomic E-state index is 0.774. The van der Waals surface area contributed by atoms with Crippen LogP contribution in [-0.2, 0) is 11.3 Å². The first kappa shape index (κ1) is 12.9. The smallest absolute Gasteiger partial charge is 0.0594 e. The monoisotopic (exact) mass is 258 g/mol. The van der Waals surface area contributed by atoms with Crippen molar-refractivity contribution in [1.29, 1.82) is 0 Å². The molecule has 0 aliphatic carbocycles. The molecule has 0 saturated carbocycles. The molecule has 0 N–H and O–H groups in total. The number of hydrogen-bond donors (Lipinski definition) is 0. The molecule has 3 heteroatoms. The first-order chi connectivity index (χ1) is 9.42. The molecule has 3 nitrogen and oxygen atoms in total. The Morgan fingerprint density at radius 2 is 1.89 bits per heavy atom. The molecule has 0 amide bonds. The maximum Gasteiger partial charge on any atom is 0.0594 e. The van der Waals surface area contributed by atoms with Gasteiger partial charge in [-0.25, -0.2) is 0 Å². The van der Waals surface area contributed by atoms with E-state index >= 15 is 0 Å². The van der Waals surface area contributed by atoms with Crippen molar-refractivity contribution in [2.24, 2.45) is 0 Å². The van der Waals surface area contributed by atoms with Crippen LogP contribution < -0.4 is 0 Å². The fourth-order valence-corrected chi connectivity index (χ4v) is 3.12. The van der Waals surface area contributed by atoms with Crippen LogP contribution in [0.3, 0.4) is 0 Å². The lowest BCUT2D eigenvalue weighted by Gasteiger charge is -2.40. The number of nitrogens with zero attached hydrogens (tertiary/aromatic N) is 2. The van der Waals surface area contributed by atoms with Crippen molar-refractivity contribution in [1.82, 2.24) is 9.80 Å². The van der Waals surface area contributed by atoms with E-state index in [0.717, 1.165) is 38.9 Å². The molecule has 1 aromatic carbocycles. The summed E-state index contributed by atoms with van der Waals surface area (Å²) in [7, 11) is 0. The molecule has 1 aromatic rings. The van der Waals surface area contributed by atoms with Crippen molar-refractivity contribution in [2.45, 2.75) is 25.4 Å². The molecule has 0 unspecified atom stereocenters. The van der Waals surface area contributed by atoms with Crippen LogP contribution >= 0.6 is 0 Å². The summed E-state index contributed by atoms with van der Waals surface area (Å²) in [5.74, 6) is 0. The highest BCUT2D eigenvalue weighted by Gasteiger charge is 2.25. The summed E-state index contributed by atoms with van der Waals surface area (Å²) in [6.45, 7) is 7.54. The number of piperidine rings is 1. The van der Waals surface area contributed by atoms with Gasteiger partial charge in [-0.05, 0) is 49.7 Å². The number of hydrogen-bond acceptors (Lipinski definition) is 3. The Hall–Kier alpha value is -1.08. The van der Waals surface area contributed by atoms with E-state index in [9.17, 15) is 0 Å². The molecule has 2 fully saturated rings. The van der Waals surface area contributed by atoms with E-state index in [1.54, 1.807) is 0 Å². The summed E-state index contributed by atoms with van der Waals surface area (Å²) in [6.07, 6.45) is 2.59. The van der Waals surface area contributed by atoms with Crippen LogP contribution in [0.1, 0.15) is 18.4 Å². The maximum absolute atomic E-state index is 5.43. The van der Waals surface area contributed by atoms with Gasteiger partial charge in [-0.2, -0.15) is 0 Å². The van der Waals surface area contributed by atoms with Crippen molar-refractivity contribution in [3.63, 3.8) is 0 Å². The van der Waals surface area contributed by atoms with Crippen LogP contribution in [0.2, 0.25) is 0 Å². The summed E-state index contributed by atoms with van der Waals surface area (Å²) in [5.41, 5.74) is 1.35. The van der Waals surface area contributed by atoms with Gasteiger partial charge in [0.1, 0.15) is 0 Å². The first-order valence-electron chi connectivity index (χ1n) is 7.32. The third-order valence-corrected chi connectivity index (χ3v) is 4.25. The second-order valence-electron chi connectivity index (χ2n) is 5.50. The van der Waals surface area contributed by atoms with Gasteiger partial charge in [-0.3, -0.25) is 9.80 Å². The minimum Gasteiger partial charge on any atom is -0.379 e. The molecule has 2 saturated heterocycles. The summed E-state index contributed by atoms with van der Waals surface area (Å²) in [6, 6.07) is 12.9. The Kier molecular flexibility index (Phi) is 4.34. The molecule has 0 atom stereocenters. The Balaban J connectivity index is 1.46. The van der Waals surface area contributed by atoms with E-state index in [4.69, 9.17) is 4.74 Å². The number of morpholine rings is 1. The molecule has 102 valence electrons. The first-order valence-corrected chi connectivity index (χ1v) is 7.32. The van der Waals surface area contributed by atoms with Crippen LogP contribution in [0.4, 0.5) is 0 Å². The zero-order valence-corrected chi connectivity index (χ0v) is 11.5. The molecule has 0 radical (unpaired) electrons. The second-order valence-corrected chi connectivity index (χ2v) is 5.50. The number of rotatable bonds is 3. The molecule has 0 aromatic heterocycles. The number of ether oxygens (including phenoxy) is 1. The highest BCUT2D eigenvalue weighted by Crippen LogP contribution is 2.19. The van der Waals surface area contributed by atoms with Gasteiger partial charge < -0.3 is 4.74 Å². The molecule has 19 heavy (non-hydrogen) atoms. The van der Waals surface area contributed by atoms with Gasteiger partial charge in [0.25, 0.3) is 0 Å². The van der Waals surface area contributed by atoms with E-state index in [-0.39, 0.29) is 0 Å². The lowest BCUT2D eigenvalue weighted by atomic mass is 10.0. The van der Waals surface area contributed by atoms with Gasteiger partial charge in [0.15, 0.2) is 0 Å². The lowest BCUT2D eigenvalue weighted by Crippen LogP contribution is -2.48. The van der Waals surface area contributed by atoms with E-state index in [0.29, 0.717) is 0 Å². The molecule has 0 spiro atoms. The van der Waals surface area contributed by atoms with Crippen LogP contribution in [0.15, 0.2) is 18.2 Å². The normalized spacial score (nSPS) is 23.2. The maximum atomic E-state index is 5.43. The van der Waals surface area contributed by atoms with Gasteiger partial charge >= 0.3 is 0 Å². The van der Waals surface area contributed by atoms with Gasteiger partial charge in [0.2, 0.25) is 0 Å². The molecular formula is C16H22N2O. The van der Waals surface area contributed by atoms with E-state index < -0.39 is 0 Å². The van der Waals surface area contributed by atoms with Gasteiger partial charge in [0.05, 0.1) is 13.2 Å². The zero-order chi connectivity index (χ0) is 12.9. The predicted molar refractivity (Wildman–Crippen MR) is 74.8 cm³/mol. The standard InChI is InChI=1S/C16H22N2O/c1-2-4-15(5-3-1)14-17-8-6-16(7-9-17)18-10-12-19-13-11-18/h2,4-5,16H,6-14H2. The third kappa shape index (κ3) is 3.48. The van der Waals surface area contributed by atoms with Gasteiger partial charge in [-0.15, -0.1) is 0 Å². The Morgan fingerprint density at radius 3 is 2.58 bits per heavy atom. The predicted octanol–water partition coefficient (Wildman–Crippen LogP) is 1.58. The Labute approximate surface area is 116 Å². The van der Waals surface area contributed by atoms with Crippen LogP contribution in [0.5, 0.6) is 0 Å². The Bertz CT molecular complexity index is 368. The van der Waals surface area contributed by atoms with Crippen molar-refractivity contribution in [2.75, 3.05) is 39.4 Å². The number of likely N-dealkylation sites (tertiary alicyclic amines) is 1. The summed E-state index contributed by atoms with van der Waals surface area (Å²) in [4.78, 5) is 5.17. The molecule has 2 heterocycles. The van der Waals surface area contributed by atoms with E-state index in [2.05, 4.69) is 28.0 Å². The fourth-order valence-electron chi connectivity index (χ4n) is 3.12. The highest BCUT2D eigenvalue weighted by molar-refractivity contribution is 5.09. The SMILES string of the molecule is c1ccc(CN2CCC(N3CCOCC3)CC2)cc#1. The summed E-state index contributed by atoms with van der Waals surface area (Å²) in [5, 5.41) is 0. The van der Waals surface area contributed by atoms with Gasteiger partial charge in [0, 0.05) is 25.7 Å².